The molecule has 1 N–H and O–H groups in total. The molecule has 1 heterocycles. The van der Waals surface area contributed by atoms with E-state index in [1.807, 2.05) is 18.2 Å². The molecule has 0 atom stereocenters. The molecule has 3 aromatic rings. The molecular formula is C19H20N2OS. The van der Waals surface area contributed by atoms with Crippen LogP contribution in [-0.4, -0.2) is 17.4 Å². The molecule has 0 spiro atoms. The minimum atomic E-state index is 0.103. The minimum Gasteiger partial charge on any atom is -0.356 e. The molecule has 0 saturated carbocycles. The molecule has 0 aliphatic carbocycles. The fourth-order valence-corrected chi connectivity index (χ4v) is 3.40. The highest BCUT2D eigenvalue weighted by atomic mass is 32.1. The van der Waals surface area contributed by atoms with Gasteiger partial charge in [-0.25, -0.2) is 4.98 Å². The molecule has 4 heteroatoms. The Kier molecular flexibility index (Phi) is 5.03. The van der Waals surface area contributed by atoms with E-state index in [1.165, 1.54) is 15.8 Å². The van der Waals surface area contributed by atoms with Gasteiger partial charge in [0, 0.05) is 19.4 Å². The topological polar surface area (TPSA) is 42.0 Å². The first-order valence-electron chi connectivity index (χ1n) is 7.87. The third-order valence-electron chi connectivity index (χ3n) is 3.76. The van der Waals surface area contributed by atoms with Crippen LogP contribution in [0.1, 0.15) is 22.6 Å². The Morgan fingerprint density at radius 1 is 1.09 bits per heavy atom. The van der Waals surface area contributed by atoms with E-state index >= 15 is 0 Å². The predicted octanol–water partition coefficient (Wildman–Crippen LogP) is 3.90. The number of amides is 1. The van der Waals surface area contributed by atoms with Crippen molar-refractivity contribution < 1.29 is 4.79 Å². The molecule has 3 nitrogen and oxygen atoms in total. The van der Waals surface area contributed by atoms with Crippen molar-refractivity contribution in [3.63, 3.8) is 0 Å². The van der Waals surface area contributed by atoms with E-state index < -0.39 is 0 Å². The highest BCUT2D eigenvalue weighted by molar-refractivity contribution is 7.18. The quantitative estimate of drug-likeness (QED) is 0.747. The Labute approximate surface area is 140 Å². The van der Waals surface area contributed by atoms with Crippen LogP contribution >= 0.6 is 11.3 Å². The third-order valence-corrected chi connectivity index (χ3v) is 4.86. The first kappa shape index (κ1) is 15.7. The molecule has 0 radical (unpaired) electrons. The zero-order valence-corrected chi connectivity index (χ0v) is 14.0. The number of hydrogen-bond donors (Lipinski definition) is 1. The zero-order valence-electron chi connectivity index (χ0n) is 13.2. The standard InChI is InChI=1S/C19H20N2OS/c1-14-6-8-15(9-7-14)10-11-18(22)20-13-12-19-21-16-4-2-3-5-17(16)23-19/h2-9H,10-13H2,1H3,(H,20,22). The van der Waals surface area contributed by atoms with Gasteiger partial charge in [-0.1, -0.05) is 42.0 Å². The van der Waals surface area contributed by atoms with Gasteiger partial charge >= 0.3 is 0 Å². The Morgan fingerprint density at radius 2 is 1.87 bits per heavy atom. The van der Waals surface area contributed by atoms with Crippen molar-refractivity contribution in [3.05, 3.63) is 64.7 Å². The Hall–Kier alpha value is -2.20. The van der Waals surface area contributed by atoms with E-state index in [9.17, 15) is 4.79 Å². The first-order chi connectivity index (χ1) is 11.2. The number of rotatable bonds is 6. The van der Waals surface area contributed by atoms with Crippen LogP contribution in [0.5, 0.6) is 0 Å². The van der Waals surface area contributed by atoms with Crippen molar-refractivity contribution in [3.8, 4) is 0 Å². The van der Waals surface area contributed by atoms with Crippen LogP contribution in [-0.2, 0) is 17.6 Å². The molecule has 0 bridgehead atoms. The molecule has 3 rings (SSSR count). The van der Waals surface area contributed by atoms with E-state index in [0.717, 1.165) is 23.4 Å². The molecule has 1 amide bonds. The molecule has 0 fully saturated rings. The van der Waals surface area contributed by atoms with Crippen LogP contribution in [0.25, 0.3) is 10.2 Å². The number of aromatic nitrogens is 1. The lowest BCUT2D eigenvalue weighted by Crippen LogP contribution is -2.25. The number of nitrogens with one attached hydrogen (secondary N) is 1. The van der Waals surface area contributed by atoms with E-state index in [-0.39, 0.29) is 5.91 Å². The Morgan fingerprint density at radius 3 is 2.65 bits per heavy atom. The smallest absolute Gasteiger partial charge is 0.220 e. The number of carbonyl (C=O) groups is 1. The van der Waals surface area contributed by atoms with Crippen LogP contribution in [0, 0.1) is 6.92 Å². The van der Waals surface area contributed by atoms with Gasteiger partial charge in [0.2, 0.25) is 5.91 Å². The summed E-state index contributed by atoms with van der Waals surface area (Å²) in [6.07, 6.45) is 2.10. The average molecular weight is 324 g/mol. The molecule has 0 unspecified atom stereocenters. The fraction of sp³-hybridized carbons (Fsp3) is 0.263. The molecule has 2 aromatic carbocycles. The number of carbonyl (C=O) groups excluding carboxylic acids is 1. The van der Waals surface area contributed by atoms with Gasteiger partial charge in [0.15, 0.2) is 0 Å². The number of hydrogen-bond acceptors (Lipinski definition) is 3. The van der Waals surface area contributed by atoms with Gasteiger partial charge in [-0.3, -0.25) is 4.79 Å². The van der Waals surface area contributed by atoms with Crippen LogP contribution < -0.4 is 5.32 Å². The third kappa shape index (κ3) is 4.39. The minimum absolute atomic E-state index is 0.103. The van der Waals surface area contributed by atoms with E-state index in [1.54, 1.807) is 11.3 Å². The maximum Gasteiger partial charge on any atom is 0.220 e. The number of benzene rings is 2. The Bertz CT molecular complexity index is 759. The monoisotopic (exact) mass is 324 g/mol. The van der Waals surface area contributed by atoms with Gasteiger partial charge < -0.3 is 5.32 Å². The van der Waals surface area contributed by atoms with Crippen molar-refractivity contribution in [2.45, 2.75) is 26.2 Å². The summed E-state index contributed by atoms with van der Waals surface area (Å²) in [5.74, 6) is 0.103. The first-order valence-corrected chi connectivity index (χ1v) is 8.69. The van der Waals surface area contributed by atoms with Crippen molar-refractivity contribution in [1.82, 2.24) is 10.3 Å². The Balaban J connectivity index is 1.43. The summed E-state index contributed by atoms with van der Waals surface area (Å²) in [6, 6.07) is 16.5. The summed E-state index contributed by atoms with van der Waals surface area (Å²) in [4.78, 5) is 16.5. The zero-order chi connectivity index (χ0) is 16.1. The largest absolute Gasteiger partial charge is 0.356 e. The highest BCUT2D eigenvalue weighted by Crippen LogP contribution is 2.21. The molecule has 0 saturated heterocycles. The summed E-state index contributed by atoms with van der Waals surface area (Å²) in [6.45, 7) is 2.71. The lowest BCUT2D eigenvalue weighted by Gasteiger charge is -2.04. The molecule has 23 heavy (non-hydrogen) atoms. The lowest BCUT2D eigenvalue weighted by molar-refractivity contribution is -0.121. The van der Waals surface area contributed by atoms with Crippen molar-refractivity contribution in [2.24, 2.45) is 0 Å². The number of fused-ring (bicyclic) bond motifs is 1. The fourth-order valence-electron chi connectivity index (χ4n) is 2.44. The highest BCUT2D eigenvalue weighted by Gasteiger charge is 2.05. The van der Waals surface area contributed by atoms with Gasteiger partial charge in [0.25, 0.3) is 0 Å². The number of nitrogens with zero attached hydrogens (tertiary/aromatic N) is 1. The summed E-state index contributed by atoms with van der Waals surface area (Å²) in [5, 5.41) is 4.06. The molecular weight excluding hydrogens is 304 g/mol. The number of thiazole rings is 1. The lowest BCUT2D eigenvalue weighted by atomic mass is 10.1. The van der Waals surface area contributed by atoms with E-state index in [4.69, 9.17) is 0 Å². The second-order valence-electron chi connectivity index (χ2n) is 5.66. The maximum atomic E-state index is 11.9. The van der Waals surface area contributed by atoms with Crippen molar-refractivity contribution >= 4 is 27.5 Å². The predicted molar refractivity (Wildman–Crippen MR) is 95.8 cm³/mol. The summed E-state index contributed by atoms with van der Waals surface area (Å²) in [7, 11) is 0. The van der Waals surface area contributed by atoms with Crippen molar-refractivity contribution in [2.75, 3.05) is 6.54 Å². The van der Waals surface area contributed by atoms with Gasteiger partial charge in [-0.15, -0.1) is 11.3 Å². The molecule has 118 valence electrons. The summed E-state index contributed by atoms with van der Waals surface area (Å²) >= 11 is 1.70. The maximum absolute atomic E-state index is 11.9. The molecule has 0 aliphatic rings. The molecule has 1 aromatic heterocycles. The van der Waals surface area contributed by atoms with Gasteiger partial charge in [-0.05, 0) is 31.0 Å². The van der Waals surface area contributed by atoms with Crippen LogP contribution in [0.15, 0.2) is 48.5 Å². The van der Waals surface area contributed by atoms with Crippen LogP contribution in [0.2, 0.25) is 0 Å². The van der Waals surface area contributed by atoms with Gasteiger partial charge in [-0.2, -0.15) is 0 Å². The molecule has 0 aliphatic heterocycles. The summed E-state index contributed by atoms with van der Waals surface area (Å²) in [5.41, 5.74) is 3.49. The van der Waals surface area contributed by atoms with Crippen LogP contribution in [0.3, 0.4) is 0 Å². The second kappa shape index (κ2) is 7.38. The van der Waals surface area contributed by atoms with Gasteiger partial charge in [0.1, 0.15) is 0 Å². The SMILES string of the molecule is Cc1ccc(CCC(=O)NCCc2nc3ccccc3s2)cc1. The average Bonchev–Trinajstić information content (AvgIpc) is 2.97. The number of aryl methyl sites for hydroxylation is 2. The van der Waals surface area contributed by atoms with E-state index in [2.05, 4.69) is 47.6 Å². The van der Waals surface area contributed by atoms with E-state index in [0.29, 0.717) is 13.0 Å². The number of para-hydroxylation sites is 1. The summed E-state index contributed by atoms with van der Waals surface area (Å²) < 4.78 is 1.20. The second-order valence-corrected chi connectivity index (χ2v) is 6.78. The van der Waals surface area contributed by atoms with Gasteiger partial charge in [0.05, 0.1) is 15.2 Å². The normalized spacial score (nSPS) is 10.8. The van der Waals surface area contributed by atoms with Crippen molar-refractivity contribution in [1.29, 1.82) is 0 Å². The van der Waals surface area contributed by atoms with Crippen LogP contribution in [0.4, 0.5) is 0 Å².